The van der Waals surface area contributed by atoms with E-state index in [1.165, 1.54) is 12.0 Å². The Balaban J connectivity index is 1.76. The number of allylic oxidation sites excluding steroid dienone is 3. The zero-order chi connectivity index (χ0) is 12.8. The molecule has 1 aromatic carbocycles. The molecular weight excluding hydrogens is 252 g/mol. The van der Waals surface area contributed by atoms with Gasteiger partial charge in [0.05, 0.1) is 7.11 Å². The molecule has 19 heavy (non-hydrogen) atoms. The number of hydrogen-bond donors (Lipinski definition) is 0. The summed E-state index contributed by atoms with van der Waals surface area (Å²) < 4.78 is 5.57. The molecule has 2 aliphatic carbocycles. The molecule has 0 N–H and O–H groups in total. The predicted molar refractivity (Wildman–Crippen MR) is 80.5 cm³/mol. The summed E-state index contributed by atoms with van der Waals surface area (Å²) in [6, 6.07) is 8.51. The summed E-state index contributed by atoms with van der Waals surface area (Å²) in [5.74, 6) is 3.86. The zero-order valence-corrected chi connectivity index (χ0v) is 11.8. The third-order valence-electron chi connectivity index (χ3n) is 4.88. The second-order valence-corrected chi connectivity index (χ2v) is 6.81. The lowest BCUT2D eigenvalue weighted by atomic mass is 9.77. The van der Waals surface area contributed by atoms with E-state index in [1.807, 2.05) is 11.8 Å². The molecule has 4 rings (SSSR count). The monoisotopic (exact) mass is 270 g/mol. The van der Waals surface area contributed by atoms with Crippen molar-refractivity contribution in [3.05, 3.63) is 53.5 Å². The molecule has 2 heteroatoms. The van der Waals surface area contributed by atoms with Gasteiger partial charge < -0.3 is 4.74 Å². The lowest BCUT2D eigenvalue weighted by Crippen LogP contribution is -2.29. The highest BCUT2D eigenvalue weighted by molar-refractivity contribution is 8.02. The fourth-order valence-corrected chi connectivity index (χ4v) is 5.48. The lowest BCUT2D eigenvalue weighted by molar-refractivity contribution is 0.379. The van der Waals surface area contributed by atoms with Crippen molar-refractivity contribution in [2.45, 2.75) is 17.6 Å². The van der Waals surface area contributed by atoms with Crippen LogP contribution in [0.4, 0.5) is 0 Å². The van der Waals surface area contributed by atoms with E-state index in [-0.39, 0.29) is 0 Å². The smallest absolute Gasteiger partial charge is 0.122 e. The number of ether oxygens (including phenoxy) is 1. The fraction of sp³-hybridized carbons (Fsp3) is 0.412. The van der Waals surface area contributed by atoms with E-state index in [2.05, 4.69) is 47.9 Å². The van der Waals surface area contributed by atoms with Gasteiger partial charge in [-0.25, -0.2) is 0 Å². The van der Waals surface area contributed by atoms with Gasteiger partial charge in [0.1, 0.15) is 5.75 Å². The Hall–Kier alpha value is -1.15. The van der Waals surface area contributed by atoms with Gasteiger partial charge in [-0.1, -0.05) is 36.4 Å². The molecule has 1 saturated carbocycles. The molecule has 1 nitrogen and oxygen atoms in total. The van der Waals surface area contributed by atoms with Crippen LogP contribution in [0.3, 0.4) is 0 Å². The van der Waals surface area contributed by atoms with E-state index < -0.39 is 0 Å². The lowest BCUT2D eigenvalue weighted by Gasteiger charge is -2.36. The predicted octanol–water partition coefficient (Wildman–Crippen LogP) is 4.23. The van der Waals surface area contributed by atoms with Crippen molar-refractivity contribution in [2.24, 2.45) is 17.8 Å². The van der Waals surface area contributed by atoms with Gasteiger partial charge in [0.2, 0.25) is 0 Å². The van der Waals surface area contributed by atoms with Crippen molar-refractivity contribution in [2.75, 3.05) is 7.11 Å². The highest BCUT2D eigenvalue weighted by atomic mass is 32.2. The molecule has 1 aliphatic heterocycles. The van der Waals surface area contributed by atoms with Crippen LogP contribution in [0.1, 0.15) is 17.9 Å². The number of fused-ring (bicyclic) bond motifs is 5. The molecular formula is C17H18OS. The van der Waals surface area contributed by atoms with Crippen LogP contribution in [0.2, 0.25) is 0 Å². The summed E-state index contributed by atoms with van der Waals surface area (Å²) in [6.07, 6.45) is 8.64. The third-order valence-corrected chi connectivity index (χ3v) is 6.17. The van der Waals surface area contributed by atoms with Gasteiger partial charge in [0, 0.05) is 16.7 Å². The molecule has 0 saturated heterocycles. The van der Waals surface area contributed by atoms with E-state index in [0.717, 1.165) is 28.8 Å². The highest BCUT2D eigenvalue weighted by Crippen LogP contribution is 2.57. The maximum atomic E-state index is 5.57. The molecule has 1 heterocycles. The van der Waals surface area contributed by atoms with Gasteiger partial charge in [-0.05, 0) is 35.6 Å². The van der Waals surface area contributed by atoms with Gasteiger partial charge in [-0.3, -0.25) is 0 Å². The number of methoxy groups -OCH3 is 1. The van der Waals surface area contributed by atoms with Crippen LogP contribution in [0.15, 0.2) is 47.9 Å². The van der Waals surface area contributed by atoms with Crippen LogP contribution < -0.4 is 4.74 Å². The van der Waals surface area contributed by atoms with Crippen LogP contribution in [-0.4, -0.2) is 12.4 Å². The first-order chi connectivity index (χ1) is 9.38. The minimum atomic E-state index is 0.516. The maximum Gasteiger partial charge on any atom is 0.122 e. The first-order valence-electron chi connectivity index (χ1n) is 7.02. The molecule has 0 radical (unpaired) electrons. The van der Waals surface area contributed by atoms with Gasteiger partial charge >= 0.3 is 0 Å². The summed E-state index contributed by atoms with van der Waals surface area (Å²) in [4.78, 5) is 0. The largest absolute Gasteiger partial charge is 0.496 e. The average Bonchev–Trinajstić information content (AvgIpc) is 3.09. The average molecular weight is 270 g/mol. The standard InChI is InChI=1S/C17H18OS/c1-18-15-5-3-2-4-13(15)14-8-9-19-17-12-7-6-11(10-12)16(14)17/h2-9,11-12,14,16-17H,10H2,1H3/t11-,12+,14+,16?,17?/m1/s1. The Morgan fingerprint density at radius 1 is 1.11 bits per heavy atom. The van der Waals surface area contributed by atoms with Gasteiger partial charge in [0.15, 0.2) is 0 Å². The minimum Gasteiger partial charge on any atom is -0.496 e. The second kappa shape index (κ2) is 4.45. The second-order valence-electron chi connectivity index (χ2n) is 5.72. The summed E-state index contributed by atoms with van der Waals surface area (Å²) in [7, 11) is 1.78. The minimum absolute atomic E-state index is 0.516. The summed E-state index contributed by atoms with van der Waals surface area (Å²) in [5, 5.41) is 3.09. The molecule has 1 fully saturated rings. The van der Waals surface area contributed by atoms with Crippen molar-refractivity contribution in [3.8, 4) is 5.75 Å². The summed E-state index contributed by atoms with van der Waals surface area (Å²) in [6.45, 7) is 0. The first kappa shape index (κ1) is 11.7. The van der Waals surface area contributed by atoms with Gasteiger partial charge in [-0.15, -0.1) is 11.8 Å². The van der Waals surface area contributed by atoms with E-state index in [1.54, 1.807) is 7.11 Å². The molecule has 2 bridgehead atoms. The Labute approximate surface area is 118 Å². The van der Waals surface area contributed by atoms with Crippen LogP contribution in [0.25, 0.3) is 0 Å². The van der Waals surface area contributed by atoms with Crippen molar-refractivity contribution >= 4 is 11.8 Å². The van der Waals surface area contributed by atoms with Crippen molar-refractivity contribution in [3.63, 3.8) is 0 Å². The van der Waals surface area contributed by atoms with Crippen molar-refractivity contribution < 1.29 is 4.74 Å². The molecule has 5 atom stereocenters. The molecule has 1 aromatic rings. The fourth-order valence-electron chi connectivity index (χ4n) is 4.08. The van der Waals surface area contributed by atoms with E-state index in [9.17, 15) is 0 Å². The Kier molecular flexibility index (Phi) is 2.73. The number of thioether (sulfide) groups is 1. The summed E-state index contributed by atoms with van der Waals surface area (Å²) in [5.41, 5.74) is 1.36. The molecule has 2 unspecified atom stereocenters. The first-order valence-corrected chi connectivity index (χ1v) is 7.96. The Morgan fingerprint density at radius 2 is 1.95 bits per heavy atom. The van der Waals surface area contributed by atoms with Crippen LogP contribution >= 0.6 is 11.8 Å². The van der Waals surface area contributed by atoms with Crippen LogP contribution in [0.5, 0.6) is 5.75 Å². The van der Waals surface area contributed by atoms with Gasteiger partial charge in [0.25, 0.3) is 0 Å². The van der Waals surface area contributed by atoms with E-state index in [0.29, 0.717) is 5.92 Å². The molecule has 98 valence electrons. The number of rotatable bonds is 2. The zero-order valence-electron chi connectivity index (χ0n) is 11.0. The highest BCUT2D eigenvalue weighted by Gasteiger charge is 2.49. The molecule has 3 aliphatic rings. The third kappa shape index (κ3) is 1.69. The molecule has 0 amide bonds. The Morgan fingerprint density at radius 3 is 2.84 bits per heavy atom. The molecule has 0 aromatic heterocycles. The summed E-state index contributed by atoms with van der Waals surface area (Å²) >= 11 is 2.04. The maximum absolute atomic E-state index is 5.57. The van der Waals surface area contributed by atoms with E-state index in [4.69, 9.17) is 4.74 Å². The van der Waals surface area contributed by atoms with Crippen LogP contribution in [-0.2, 0) is 0 Å². The number of para-hydroxylation sites is 1. The van der Waals surface area contributed by atoms with Crippen molar-refractivity contribution in [1.29, 1.82) is 0 Å². The van der Waals surface area contributed by atoms with Gasteiger partial charge in [-0.2, -0.15) is 0 Å². The topological polar surface area (TPSA) is 9.23 Å². The normalized spacial score (nSPS) is 38.5. The number of benzene rings is 1. The van der Waals surface area contributed by atoms with Crippen LogP contribution in [0, 0.1) is 17.8 Å². The van der Waals surface area contributed by atoms with Crippen molar-refractivity contribution in [1.82, 2.24) is 0 Å². The quantitative estimate of drug-likeness (QED) is 0.744. The van der Waals surface area contributed by atoms with E-state index >= 15 is 0 Å². The number of hydrogen-bond acceptors (Lipinski definition) is 2. The SMILES string of the molecule is COc1ccccc1[C@@H]1C=CSC2C1[C@@H]1C=C[C@H]2C1. The Bertz CT molecular complexity index is 548. The molecule has 0 spiro atoms.